The van der Waals surface area contributed by atoms with Gasteiger partial charge < -0.3 is 39.3 Å². The Kier molecular flexibility index (Phi) is 20.3. The molecule has 2 N–H and O–H groups in total. The molecule has 0 radical (unpaired) electrons. The molecule has 12 nitrogen and oxygen atoms in total. The standard InChI is InChI=1S/2C24H32N2O2.C2H2O4/c2*1-19-18-25(16-14-21-10-6-4-7-11-21)17-15-23(19)26(24(27)20(2)28-3)22-12-8-5-9-13-22;3-1(4)2(5)6/h2*4-13,19-20,23H,14-18H2,1-3H3;(H,3,4)(H,5,6)/t19-,20?,23?;;/m0../s1. The second kappa shape index (κ2) is 25.5. The summed E-state index contributed by atoms with van der Waals surface area (Å²) in [7, 11) is 3.20. The Balaban J connectivity index is 0.000000241. The highest BCUT2D eigenvalue weighted by molar-refractivity contribution is 6.27. The van der Waals surface area contributed by atoms with E-state index in [9.17, 15) is 9.59 Å². The predicted molar refractivity (Wildman–Crippen MR) is 244 cm³/mol. The summed E-state index contributed by atoms with van der Waals surface area (Å²) in [6.45, 7) is 14.4. The topological polar surface area (TPSA) is 140 Å². The molecule has 2 aliphatic rings. The fourth-order valence-electron chi connectivity index (χ4n) is 8.21. The van der Waals surface area contributed by atoms with Gasteiger partial charge in [0.2, 0.25) is 0 Å². The molecule has 4 aromatic carbocycles. The van der Waals surface area contributed by atoms with E-state index in [4.69, 9.17) is 29.3 Å². The van der Waals surface area contributed by atoms with E-state index >= 15 is 0 Å². The summed E-state index contributed by atoms with van der Waals surface area (Å²) in [6.07, 6.45) is 3.22. The normalized spacial score (nSPS) is 19.9. The maximum Gasteiger partial charge on any atom is 0.414 e. The number of benzene rings is 4. The summed E-state index contributed by atoms with van der Waals surface area (Å²) in [4.78, 5) is 53.4. The van der Waals surface area contributed by atoms with Gasteiger partial charge in [-0.25, -0.2) is 9.59 Å². The van der Waals surface area contributed by atoms with E-state index in [1.807, 2.05) is 84.3 Å². The van der Waals surface area contributed by atoms with Crippen LogP contribution in [-0.2, 0) is 41.5 Å². The molecular formula is C50H66N4O8. The quantitative estimate of drug-likeness (QED) is 0.126. The molecule has 0 bridgehead atoms. The Morgan fingerprint density at radius 2 is 0.871 bits per heavy atom. The maximum atomic E-state index is 13.1. The first-order chi connectivity index (χ1) is 29.8. The van der Waals surface area contributed by atoms with Gasteiger partial charge in [0.1, 0.15) is 12.2 Å². The first kappa shape index (κ1) is 49.3. The van der Waals surface area contributed by atoms with Gasteiger partial charge in [-0.3, -0.25) is 9.59 Å². The van der Waals surface area contributed by atoms with E-state index in [0.29, 0.717) is 11.8 Å². The molecule has 0 aromatic heterocycles. The Morgan fingerprint density at radius 3 is 1.15 bits per heavy atom. The zero-order valence-electron chi connectivity index (χ0n) is 37.2. The summed E-state index contributed by atoms with van der Waals surface area (Å²) in [6, 6.07) is 41.7. The van der Waals surface area contributed by atoms with Crippen LogP contribution in [0.2, 0.25) is 0 Å². The first-order valence-corrected chi connectivity index (χ1v) is 21.6. The number of methoxy groups -OCH3 is 2. The molecule has 62 heavy (non-hydrogen) atoms. The van der Waals surface area contributed by atoms with Crippen molar-refractivity contribution >= 4 is 35.1 Å². The number of rotatable bonds is 14. The molecule has 6 atom stereocenters. The number of nitrogens with zero attached hydrogens (tertiary/aromatic N) is 4. The number of amides is 2. The number of likely N-dealkylation sites (tertiary alicyclic amines) is 2. The summed E-state index contributed by atoms with van der Waals surface area (Å²) in [5, 5.41) is 14.8. The number of carboxylic acids is 2. The van der Waals surface area contributed by atoms with Crippen LogP contribution in [0.3, 0.4) is 0 Å². The van der Waals surface area contributed by atoms with Gasteiger partial charge in [0.25, 0.3) is 11.8 Å². The van der Waals surface area contributed by atoms with Gasteiger partial charge in [-0.15, -0.1) is 0 Å². The lowest BCUT2D eigenvalue weighted by molar-refractivity contribution is -0.159. The van der Waals surface area contributed by atoms with Gasteiger partial charge in [0.05, 0.1) is 0 Å². The molecule has 2 saturated heterocycles. The second-order valence-corrected chi connectivity index (χ2v) is 16.2. The third-order valence-corrected chi connectivity index (χ3v) is 11.8. The lowest BCUT2D eigenvalue weighted by atomic mass is 9.91. The van der Waals surface area contributed by atoms with Crippen LogP contribution in [0, 0.1) is 11.8 Å². The molecule has 6 rings (SSSR count). The van der Waals surface area contributed by atoms with Crippen molar-refractivity contribution in [1.29, 1.82) is 0 Å². The van der Waals surface area contributed by atoms with Crippen LogP contribution in [-0.4, -0.2) is 122 Å². The van der Waals surface area contributed by atoms with Crippen LogP contribution in [0.1, 0.15) is 51.7 Å². The summed E-state index contributed by atoms with van der Waals surface area (Å²) < 4.78 is 10.7. The Hall–Kier alpha value is -5.40. The zero-order chi connectivity index (χ0) is 45.0. The van der Waals surface area contributed by atoms with Gasteiger partial charge in [0, 0.05) is 76.9 Å². The largest absolute Gasteiger partial charge is 0.473 e. The Morgan fingerprint density at radius 1 is 0.565 bits per heavy atom. The minimum atomic E-state index is -1.82. The molecule has 2 heterocycles. The molecular weight excluding hydrogens is 785 g/mol. The molecule has 2 aliphatic heterocycles. The van der Waals surface area contributed by atoms with Crippen LogP contribution in [0.25, 0.3) is 0 Å². The van der Waals surface area contributed by atoms with Gasteiger partial charge in [-0.1, -0.05) is 111 Å². The van der Waals surface area contributed by atoms with Crippen LogP contribution < -0.4 is 9.80 Å². The number of carbonyl (C=O) groups is 4. The summed E-state index contributed by atoms with van der Waals surface area (Å²) >= 11 is 0. The zero-order valence-corrected chi connectivity index (χ0v) is 37.2. The third-order valence-electron chi connectivity index (χ3n) is 11.8. The van der Waals surface area contributed by atoms with Crippen molar-refractivity contribution in [3.05, 3.63) is 132 Å². The molecule has 2 fully saturated rings. The molecule has 5 unspecified atom stereocenters. The molecule has 2 amide bonds. The molecule has 0 aliphatic carbocycles. The number of ether oxygens (including phenoxy) is 2. The van der Waals surface area contributed by atoms with Crippen LogP contribution >= 0.6 is 0 Å². The number of aliphatic carboxylic acids is 2. The summed E-state index contributed by atoms with van der Waals surface area (Å²) in [5.74, 6) is -2.76. The lowest BCUT2D eigenvalue weighted by Gasteiger charge is -2.43. The highest BCUT2D eigenvalue weighted by atomic mass is 16.5. The van der Waals surface area contributed by atoms with E-state index in [1.54, 1.807) is 14.2 Å². The number of carbonyl (C=O) groups excluding carboxylic acids is 2. The fraction of sp³-hybridized carbons (Fsp3) is 0.440. The monoisotopic (exact) mass is 850 g/mol. The third kappa shape index (κ3) is 14.9. The SMILES string of the molecule is COC(C)C(=O)N(c1ccccc1)C1CCN(CCc2ccccc2)CC1C.COC(C)C(=O)N(c1ccccc1)C1CCN(CCc2ccccc2)C[C@@H]1C.O=C(O)C(=O)O. The van der Waals surface area contributed by atoms with Crippen molar-refractivity contribution in [2.24, 2.45) is 11.8 Å². The van der Waals surface area contributed by atoms with Crippen molar-refractivity contribution in [1.82, 2.24) is 9.80 Å². The number of hydrogen-bond donors (Lipinski definition) is 2. The van der Waals surface area contributed by atoms with Crippen molar-refractivity contribution in [2.75, 3.05) is 63.3 Å². The van der Waals surface area contributed by atoms with Crippen molar-refractivity contribution in [3.8, 4) is 0 Å². The number of piperidine rings is 2. The number of hydrogen-bond acceptors (Lipinski definition) is 8. The number of anilines is 2. The van der Waals surface area contributed by atoms with E-state index in [2.05, 4.69) is 84.3 Å². The van der Waals surface area contributed by atoms with Gasteiger partial charge in [-0.2, -0.15) is 0 Å². The van der Waals surface area contributed by atoms with E-state index in [1.165, 1.54) is 11.1 Å². The molecule has 4 aromatic rings. The van der Waals surface area contributed by atoms with E-state index < -0.39 is 24.1 Å². The number of carboxylic acid groups (broad SMARTS) is 2. The van der Waals surface area contributed by atoms with Gasteiger partial charge in [-0.05, 0) is 86.8 Å². The van der Waals surface area contributed by atoms with Crippen molar-refractivity contribution in [2.45, 2.75) is 77.7 Å². The Labute approximate surface area is 368 Å². The van der Waals surface area contributed by atoms with Crippen LogP contribution in [0.4, 0.5) is 11.4 Å². The smallest absolute Gasteiger partial charge is 0.414 e. The van der Waals surface area contributed by atoms with Gasteiger partial charge >= 0.3 is 11.9 Å². The maximum absolute atomic E-state index is 13.1. The minimum absolute atomic E-state index is 0.0447. The van der Waals surface area contributed by atoms with Crippen molar-refractivity contribution < 1.29 is 38.9 Å². The second-order valence-electron chi connectivity index (χ2n) is 16.2. The average Bonchev–Trinajstić information content (AvgIpc) is 3.30. The van der Waals surface area contributed by atoms with E-state index in [0.717, 1.165) is 76.3 Å². The number of para-hydroxylation sites is 2. The first-order valence-electron chi connectivity index (χ1n) is 21.6. The van der Waals surface area contributed by atoms with Crippen LogP contribution in [0.5, 0.6) is 0 Å². The molecule has 0 saturated carbocycles. The lowest BCUT2D eigenvalue weighted by Crippen LogP contribution is -2.54. The Bertz CT molecular complexity index is 1800. The molecule has 0 spiro atoms. The minimum Gasteiger partial charge on any atom is -0.473 e. The van der Waals surface area contributed by atoms with Crippen molar-refractivity contribution in [3.63, 3.8) is 0 Å². The van der Waals surface area contributed by atoms with E-state index in [-0.39, 0.29) is 23.9 Å². The highest BCUT2D eigenvalue weighted by Gasteiger charge is 2.37. The van der Waals surface area contributed by atoms with Crippen LogP contribution in [0.15, 0.2) is 121 Å². The summed E-state index contributed by atoms with van der Waals surface area (Å²) in [5.41, 5.74) is 4.69. The molecule has 12 heteroatoms. The molecule has 334 valence electrons. The highest BCUT2D eigenvalue weighted by Crippen LogP contribution is 2.30. The van der Waals surface area contributed by atoms with Gasteiger partial charge in [0.15, 0.2) is 0 Å². The predicted octanol–water partition coefficient (Wildman–Crippen LogP) is 7.17. The fourth-order valence-corrected chi connectivity index (χ4v) is 8.21. The average molecular weight is 851 g/mol.